The van der Waals surface area contributed by atoms with Crippen molar-refractivity contribution in [3.8, 4) is 17.2 Å². The average Bonchev–Trinajstić information content (AvgIpc) is 3.24. The molecule has 4 rings (SSSR count). The summed E-state index contributed by atoms with van der Waals surface area (Å²) in [4.78, 5) is 0. The van der Waals surface area contributed by atoms with Gasteiger partial charge in [-0.05, 0) is 36.5 Å². The Balaban J connectivity index is 1.92. The quantitative estimate of drug-likeness (QED) is 0.701. The van der Waals surface area contributed by atoms with Crippen molar-refractivity contribution in [1.29, 1.82) is 0 Å². The minimum absolute atomic E-state index is 0.0321. The Morgan fingerprint density at radius 1 is 1.24 bits per heavy atom. The smallest absolute Gasteiger partial charge is 0.231 e. The minimum atomic E-state index is -1.24. The summed E-state index contributed by atoms with van der Waals surface area (Å²) in [6.45, 7) is 6.14. The van der Waals surface area contributed by atoms with E-state index in [1.807, 2.05) is 18.2 Å². The van der Waals surface area contributed by atoms with Gasteiger partial charge >= 0.3 is 0 Å². The van der Waals surface area contributed by atoms with Gasteiger partial charge in [-0.3, -0.25) is 0 Å². The van der Waals surface area contributed by atoms with Gasteiger partial charge in [-0.25, -0.2) is 0 Å². The van der Waals surface area contributed by atoms with Crippen molar-refractivity contribution in [1.82, 2.24) is 0 Å². The number of methoxy groups -OCH3 is 3. The predicted octanol–water partition coefficient (Wildman–Crippen LogP) is 2.25. The molecular formula is C22H30O7. The minimum Gasteiger partial charge on any atom is -0.493 e. The van der Waals surface area contributed by atoms with E-state index in [9.17, 15) is 10.2 Å². The molecule has 0 radical (unpaired) electrons. The highest BCUT2D eigenvalue weighted by atomic mass is 16.7. The maximum Gasteiger partial charge on any atom is 0.231 e. The Kier molecular flexibility index (Phi) is 5.06. The highest BCUT2D eigenvalue weighted by Crippen LogP contribution is 2.66. The molecule has 7 nitrogen and oxygen atoms in total. The van der Waals surface area contributed by atoms with Crippen LogP contribution in [-0.4, -0.2) is 62.2 Å². The van der Waals surface area contributed by atoms with Gasteiger partial charge in [0.2, 0.25) is 12.5 Å². The van der Waals surface area contributed by atoms with E-state index in [1.165, 1.54) is 0 Å². The van der Waals surface area contributed by atoms with E-state index in [4.69, 9.17) is 23.7 Å². The van der Waals surface area contributed by atoms with Crippen LogP contribution in [0, 0.1) is 11.3 Å². The topological polar surface area (TPSA) is 86.6 Å². The monoisotopic (exact) mass is 406 g/mol. The highest BCUT2D eigenvalue weighted by molar-refractivity contribution is 5.57. The van der Waals surface area contributed by atoms with Crippen LogP contribution in [0.5, 0.6) is 17.2 Å². The first kappa shape index (κ1) is 20.5. The number of ether oxygens (including phenoxy) is 5. The van der Waals surface area contributed by atoms with Crippen molar-refractivity contribution in [2.45, 2.75) is 49.6 Å². The van der Waals surface area contributed by atoms with Gasteiger partial charge < -0.3 is 33.9 Å². The summed E-state index contributed by atoms with van der Waals surface area (Å²) in [5, 5.41) is 22.9. The summed E-state index contributed by atoms with van der Waals surface area (Å²) in [7, 11) is 4.70. The molecule has 2 saturated carbocycles. The van der Waals surface area contributed by atoms with Gasteiger partial charge in [0.15, 0.2) is 11.5 Å². The summed E-state index contributed by atoms with van der Waals surface area (Å²) in [6, 6.07) is 3.79. The Bertz CT molecular complexity index is 796. The second-order valence-electron chi connectivity index (χ2n) is 8.33. The van der Waals surface area contributed by atoms with Crippen molar-refractivity contribution >= 4 is 0 Å². The summed E-state index contributed by atoms with van der Waals surface area (Å²) in [5.74, 6) is 1.36. The molecule has 2 bridgehead atoms. The van der Waals surface area contributed by atoms with Gasteiger partial charge in [-0.15, -0.1) is 6.58 Å². The van der Waals surface area contributed by atoms with E-state index >= 15 is 0 Å². The Labute approximate surface area is 171 Å². The third-order valence-corrected chi connectivity index (χ3v) is 7.48. The molecule has 1 aromatic rings. The van der Waals surface area contributed by atoms with Gasteiger partial charge in [0.25, 0.3) is 0 Å². The van der Waals surface area contributed by atoms with Crippen LogP contribution in [0.2, 0.25) is 0 Å². The van der Waals surface area contributed by atoms with Crippen molar-refractivity contribution in [2.24, 2.45) is 11.3 Å². The zero-order valence-corrected chi connectivity index (χ0v) is 17.4. The first-order valence-electron chi connectivity index (χ1n) is 9.93. The number of aliphatic hydroxyl groups excluding tert-OH is 2. The third-order valence-electron chi connectivity index (χ3n) is 7.48. The van der Waals surface area contributed by atoms with Crippen LogP contribution in [0.3, 0.4) is 0 Å². The molecule has 0 aromatic heterocycles. The fraction of sp³-hybridized carbons (Fsp3) is 0.636. The molecule has 1 aliphatic heterocycles. The van der Waals surface area contributed by atoms with Gasteiger partial charge in [-0.1, -0.05) is 13.0 Å². The number of hydrogen-bond donors (Lipinski definition) is 2. The van der Waals surface area contributed by atoms with Crippen molar-refractivity contribution < 1.29 is 33.9 Å². The molecule has 7 heteroatoms. The van der Waals surface area contributed by atoms with Crippen LogP contribution in [0.25, 0.3) is 0 Å². The molecule has 2 fully saturated rings. The second-order valence-corrected chi connectivity index (χ2v) is 8.33. The molecule has 29 heavy (non-hydrogen) atoms. The molecule has 0 spiro atoms. The summed E-state index contributed by atoms with van der Waals surface area (Å²) >= 11 is 0. The fourth-order valence-corrected chi connectivity index (χ4v) is 6.11. The largest absolute Gasteiger partial charge is 0.493 e. The lowest BCUT2D eigenvalue weighted by atomic mass is 9.65. The van der Waals surface area contributed by atoms with Crippen molar-refractivity contribution in [3.05, 3.63) is 30.4 Å². The van der Waals surface area contributed by atoms with Crippen LogP contribution in [0.15, 0.2) is 24.8 Å². The van der Waals surface area contributed by atoms with Crippen LogP contribution in [0.4, 0.5) is 0 Å². The van der Waals surface area contributed by atoms with Crippen LogP contribution in [-0.2, 0) is 9.47 Å². The zero-order chi connectivity index (χ0) is 21.0. The first-order chi connectivity index (χ1) is 13.9. The molecule has 1 heterocycles. The van der Waals surface area contributed by atoms with E-state index in [2.05, 4.69) is 13.5 Å². The van der Waals surface area contributed by atoms with Crippen LogP contribution >= 0.6 is 0 Å². The number of aliphatic hydroxyl groups is 2. The predicted molar refractivity (Wildman–Crippen MR) is 105 cm³/mol. The van der Waals surface area contributed by atoms with Gasteiger partial charge in [0.1, 0.15) is 11.7 Å². The number of rotatable bonds is 6. The van der Waals surface area contributed by atoms with E-state index in [0.717, 1.165) is 5.56 Å². The van der Waals surface area contributed by atoms with E-state index in [-0.39, 0.29) is 18.6 Å². The Hall–Kier alpha value is -1.80. The molecule has 2 aliphatic carbocycles. The standard InChI is InChI=1S/C22H30O7/c1-6-7-21-10-16(26-4)19(23)22(27-5,20(21)24)17(12(21)2)13-8-14(25-3)18-15(9-13)28-11-29-18/h6,8-9,12,16-17,19-20,23-24H,1,7,10-11H2,2-5H3. The lowest BCUT2D eigenvalue weighted by Gasteiger charge is -2.50. The molecule has 0 amide bonds. The highest BCUT2D eigenvalue weighted by Gasteiger charge is 2.73. The van der Waals surface area contributed by atoms with Crippen LogP contribution < -0.4 is 14.2 Å². The molecule has 7 unspecified atom stereocenters. The van der Waals surface area contributed by atoms with Crippen molar-refractivity contribution in [3.63, 3.8) is 0 Å². The summed E-state index contributed by atoms with van der Waals surface area (Å²) < 4.78 is 28.3. The summed E-state index contributed by atoms with van der Waals surface area (Å²) in [6.07, 6.45) is 0.579. The number of hydrogen-bond acceptors (Lipinski definition) is 7. The fourth-order valence-electron chi connectivity index (χ4n) is 6.11. The molecule has 1 aromatic carbocycles. The maximum atomic E-state index is 11.6. The molecule has 3 aliphatic rings. The molecule has 2 N–H and O–H groups in total. The molecular weight excluding hydrogens is 376 g/mol. The normalized spacial score (nSPS) is 40.1. The lowest BCUT2D eigenvalue weighted by Crippen LogP contribution is -2.65. The lowest BCUT2D eigenvalue weighted by molar-refractivity contribution is -0.236. The number of fused-ring (bicyclic) bond motifs is 3. The van der Waals surface area contributed by atoms with E-state index < -0.39 is 29.3 Å². The third kappa shape index (κ3) is 2.51. The average molecular weight is 406 g/mol. The first-order valence-corrected chi connectivity index (χ1v) is 9.93. The Morgan fingerprint density at radius 3 is 2.62 bits per heavy atom. The molecule has 0 saturated heterocycles. The summed E-state index contributed by atoms with van der Waals surface area (Å²) in [5.41, 5.74) is -0.910. The SMILES string of the molecule is C=CCC12CC(OC)C(O)C(OC)(C(c3cc(OC)c4c(c3)OCO4)C1C)C2O. The van der Waals surface area contributed by atoms with E-state index in [1.54, 1.807) is 21.3 Å². The zero-order valence-electron chi connectivity index (χ0n) is 17.4. The number of benzene rings is 1. The van der Waals surface area contributed by atoms with Gasteiger partial charge in [0.05, 0.1) is 19.3 Å². The van der Waals surface area contributed by atoms with E-state index in [0.29, 0.717) is 30.1 Å². The van der Waals surface area contributed by atoms with Gasteiger partial charge in [-0.2, -0.15) is 0 Å². The van der Waals surface area contributed by atoms with Crippen LogP contribution in [0.1, 0.15) is 31.2 Å². The maximum absolute atomic E-state index is 11.6. The molecule has 160 valence electrons. The van der Waals surface area contributed by atoms with Crippen molar-refractivity contribution in [2.75, 3.05) is 28.1 Å². The molecule has 7 atom stereocenters. The second kappa shape index (κ2) is 7.16. The Morgan fingerprint density at radius 2 is 2.00 bits per heavy atom. The van der Waals surface area contributed by atoms with Gasteiger partial charge in [0, 0.05) is 25.6 Å². The number of allylic oxidation sites excluding steroid dienone is 1.